The monoisotopic (exact) mass is 301 g/mol. The van der Waals surface area contributed by atoms with Crippen LogP contribution in [0.1, 0.15) is 6.92 Å². The van der Waals surface area contributed by atoms with E-state index in [9.17, 15) is 9.90 Å². The Morgan fingerprint density at radius 1 is 1.10 bits per heavy atom. The van der Waals surface area contributed by atoms with Gasteiger partial charge in [-0.15, -0.1) is 0 Å². The van der Waals surface area contributed by atoms with Gasteiger partial charge in [0.1, 0.15) is 0 Å². The molecule has 7 nitrogen and oxygen atoms in total. The molecule has 0 spiro atoms. The van der Waals surface area contributed by atoms with Crippen molar-refractivity contribution in [2.24, 2.45) is 0 Å². The van der Waals surface area contributed by atoms with E-state index in [-0.39, 0.29) is 12.2 Å². The van der Waals surface area contributed by atoms with E-state index in [4.69, 9.17) is 9.47 Å². The number of nitrogens with zero attached hydrogens (tertiary/aromatic N) is 3. The third-order valence-electron chi connectivity index (χ3n) is 3.94. The molecule has 0 aromatic rings. The number of aliphatic hydroxyl groups excluding tert-OH is 1. The Kier molecular flexibility index (Phi) is 6.69. The second-order valence-corrected chi connectivity index (χ2v) is 5.55. The summed E-state index contributed by atoms with van der Waals surface area (Å²) in [5.74, 6) is 0. The molecule has 2 fully saturated rings. The Morgan fingerprint density at radius 2 is 1.67 bits per heavy atom. The molecule has 1 amide bonds. The van der Waals surface area contributed by atoms with Gasteiger partial charge in [-0.25, -0.2) is 4.79 Å². The Morgan fingerprint density at radius 3 is 2.24 bits per heavy atom. The van der Waals surface area contributed by atoms with Crippen molar-refractivity contribution in [2.75, 3.05) is 72.2 Å². The summed E-state index contributed by atoms with van der Waals surface area (Å²) >= 11 is 0. The fourth-order valence-corrected chi connectivity index (χ4v) is 2.77. The van der Waals surface area contributed by atoms with E-state index in [0.717, 1.165) is 39.4 Å². The third kappa shape index (κ3) is 5.43. The molecule has 2 rings (SSSR count). The Bertz CT molecular complexity index is 315. The number of morpholine rings is 1. The van der Waals surface area contributed by atoms with Crippen LogP contribution in [0.5, 0.6) is 0 Å². The van der Waals surface area contributed by atoms with Crippen molar-refractivity contribution in [3.63, 3.8) is 0 Å². The highest BCUT2D eigenvalue weighted by Gasteiger charge is 2.24. The van der Waals surface area contributed by atoms with Crippen molar-refractivity contribution < 1.29 is 19.4 Å². The number of hydrogen-bond acceptors (Lipinski definition) is 6. The maximum absolute atomic E-state index is 11.6. The number of rotatable bonds is 5. The summed E-state index contributed by atoms with van der Waals surface area (Å²) in [6.45, 7) is 9.81. The summed E-state index contributed by atoms with van der Waals surface area (Å²) in [7, 11) is 0. The highest BCUT2D eigenvalue weighted by atomic mass is 16.6. The van der Waals surface area contributed by atoms with E-state index in [0.29, 0.717) is 32.8 Å². The number of aliphatic hydroxyl groups is 1. The zero-order valence-corrected chi connectivity index (χ0v) is 12.9. The molecule has 0 aliphatic carbocycles. The molecular formula is C14H27N3O4. The highest BCUT2D eigenvalue weighted by Crippen LogP contribution is 2.06. The summed E-state index contributed by atoms with van der Waals surface area (Å²) in [5.41, 5.74) is 0. The van der Waals surface area contributed by atoms with Gasteiger partial charge in [-0.1, -0.05) is 0 Å². The van der Waals surface area contributed by atoms with Crippen LogP contribution in [0.25, 0.3) is 0 Å². The Balaban J connectivity index is 1.64. The van der Waals surface area contributed by atoms with E-state index >= 15 is 0 Å². The third-order valence-corrected chi connectivity index (χ3v) is 3.94. The molecule has 1 atom stereocenters. The lowest BCUT2D eigenvalue weighted by atomic mass is 10.2. The molecule has 0 bridgehead atoms. The van der Waals surface area contributed by atoms with Crippen LogP contribution in [-0.4, -0.2) is 104 Å². The minimum Gasteiger partial charge on any atom is -0.450 e. The van der Waals surface area contributed by atoms with Crippen LogP contribution >= 0.6 is 0 Å². The first-order valence-electron chi connectivity index (χ1n) is 7.81. The van der Waals surface area contributed by atoms with Crippen molar-refractivity contribution in [3.8, 4) is 0 Å². The van der Waals surface area contributed by atoms with Gasteiger partial charge in [0.05, 0.1) is 25.9 Å². The SMILES string of the molecule is CCOC(=O)N1CCN(CC(O)CN2CCOCC2)CC1. The Labute approximate surface area is 126 Å². The van der Waals surface area contributed by atoms with Gasteiger partial charge >= 0.3 is 6.09 Å². The number of carbonyl (C=O) groups is 1. The molecule has 122 valence electrons. The van der Waals surface area contributed by atoms with Crippen molar-refractivity contribution >= 4 is 6.09 Å². The maximum Gasteiger partial charge on any atom is 0.409 e. The number of β-amino-alcohol motifs (C(OH)–C–C–N with tert-alkyl or cyclic N) is 1. The van der Waals surface area contributed by atoms with E-state index in [1.54, 1.807) is 4.90 Å². The van der Waals surface area contributed by atoms with Gasteiger partial charge < -0.3 is 19.5 Å². The molecule has 2 heterocycles. The standard InChI is InChI=1S/C14H27N3O4/c1-2-21-14(19)17-5-3-15(4-6-17)11-13(18)12-16-7-9-20-10-8-16/h13,18H,2-12H2,1H3. The molecule has 0 saturated carbocycles. The topological polar surface area (TPSA) is 65.5 Å². The van der Waals surface area contributed by atoms with Gasteiger partial charge in [0, 0.05) is 52.4 Å². The normalized spacial score (nSPS) is 23.0. The van der Waals surface area contributed by atoms with Crippen molar-refractivity contribution in [1.29, 1.82) is 0 Å². The largest absolute Gasteiger partial charge is 0.450 e. The lowest BCUT2D eigenvalue weighted by Gasteiger charge is -2.36. The van der Waals surface area contributed by atoms with Crippen LogP contribution in [0.3, 0.4) is 0 Å². The predicted octanol–water partition coefficient (Wildman–Crippen LogP) is -0.546. The van der Waals surface area contributed by atoms with Crippen LogP contribution in [-0.2, 0) is 9.47 Å². The summed E-state index contributed by atoms with van der Waals surface area (Å²) in [6.07, 6.45) is -0.580. The average Bonchev–Trinajstić information content (AvgIpc) is 2.49. The first-order chi connectivity index (χ1) is 10.2. The van der Waals surface area contributed by atoms with Crippen LogP contribution in [0.15, 0.2) is 0 Å². The summed E-state index contributed by atoms with van der Waals surface area (Å²) in [5, 5.41) is 10.2. The fraction of sp³-hybridized carbons (Fsp3) is 0.929. The lowest BCUT2D eigenvalue weighted by molar-refractivity contribution is 0.00242. The van der Waals surface area contributed by atoms with Gasteiger partial charge in [0.15, 0.2) is 0 Å². The minimum absolute atomic E-state index is 0.231. The first-order valence-corrected chi connectivity index (χ1v) is 7.81. The van der Waals surface area contributed by atoms with Crippen LogP contribution in [0, 0.1) is 0 Å². The van der Waals surface area contributed by atoms with E-state index in [2.05, 4.69) is 9.80 Å². The molecule has 0 aromatic carbocycles. The number of carbonyl (C=O) groups excluding carboxylic acids is 1. The van der Waals surface area contributed by atoms with Crippen molar-refractivity contribution in [3.05, 3.63) is 0 Å². The quantitative estimate of drug-likeness (QED) is 0.735. The number of hydrogen-bond donors (Lipinski definition) is 1. The van der Waals surface area contributed by atoms with Gasteiger partial charge in [0.25, 0.3) is 0 Å². The van der Waals surface area contributed by atoms with E-state index < -0.39 is 0 Å². The molecular weight excluding hydrogens is 274 g/mol. The predicted molar refractivity (Wildman–Crippen MR) is 78.3 cm³/mol. The number of amides is 1. The molecule has 1 unspecified atom stereocenters. The maximum atomic E-state index is 11.6. The first kappa shape index (κ1) is 16.5. The second-order valence-electron chi connectivity index (χ2n) is 5.55. The van der Waals surface area contributed by atoms with Gasteiger partial charge in [-0.3, -0.25) is 9.80 Å². The molecule has 0 aromatic heterocycles. The molecule has 1 N–H and O–H groups in total. The summed E-state index contributed by atoms with van der Waals surface area (Å²) in [6, 6.07) is 0. The zero-order chi connectivity index (χ0) is 15.1. The summed E-state index contributed by atoms with van der Waals surface area (Å²) in [4.78, 5) is 17.8. The van der Waals surface area contributed by atoms with Crippen LogP contribution in [0.2, 0.25) is 0 Å². The van der Waals surface area contributed by atoms with Gasteiger partial charge in [0.2, 0.25) is 0 Å². The smallest absolute Gasteiger partial charge is 0.409 e. The molecule has 0 radical (unpaired) electrons. The second kappa shape index (κ2) is 8.53. The number of piperazine rings is 1. The van der Waals surface area contributed by atoms with Crippen LogP contribution in [0.4, 0.5) is 4.79 Å². The van der Waals surface area contributed by atoms with Crippen LogP contribution < -0.4 is 0 Å². The van der Waals surface area contributed by atoms with E-state index in [1.807, 2.05) is 6.92 Å². The van der Waals surface area contributed by atoms with Crippen molar-refractivity contribution in [1.82, 2.24) is 14.7 Å². The van der Waals surface area contributed by atoms with Gasteiger partial charge in [-0.05, 0) is 6.92 Å². The molecule has 21 heavy (non-hydrogen) atoms. The molecule has 2 aliphatic rings. The van der Waals surface area contributed by atoms with E-state index in [1.165, 1.54) is 0 Å². The lowest BCUT2D eigenvalue weighted by Crippen LogP contribution is -2.52. The minimum atomic E-state index is -0.350. The Hall–Kier alpha value is -0.890. The molecule has 2 saturated heterocycles. The summed E-state index contributed by atoms with van der Waals surface area (Å²) < 4.78 is 10.3. The fourth-order valence-electron chi connectivity index (χ4n) is 2.77. The molecule has 7 heteroatoms. The zero-order valence-electron chi connectivity index (χ0n) is 12.9. The average molecular weight is 301 g/mol. The molecule has 2 aliphatic heterocycles. The van der Waals surface area contributed by atoms with Crippen molar-refractivity contribution in [2.45, 2.75) is 13.0 Å². The van der Waals surface area contributed by atoms with Gasteiger partial charge in [-0.2, -0.15) is 0 Å². The number of ether oxygens (including phenoxy) is 2. The highest BCUT2D eigenvalue weighted by molar-refractivity contribution is 5.67.